The predicted molar refractivity (Wildman–Crippen MR) is 86.4 cm³/mol. The average Bonchev–Trinajstić information content (AvgIpc) is 2.60. The molecule has 9 heteroatoms. The molecule has 138 valence electrons. The Bertz CT molecular complexity index is 817. The van der Waals surface area contributed by atoms with Gasteiger partial charge < -0.3 is 5.32 Å². The Morgan fingerprint density at radius 3 is 2.58 bits per heavy atom. The van der Waals surface area contributed by atoms with Crippen molar-refractivity contribution in [3.63, 3.8) is 0 Å². The van der Waals surface area contributed by atoms with Crippen LogP contribution in [-0.2, 0) is 11.0 Å². The van der Waals surface area contributed by atoms with Crippen LogP contribution in [0.2, 0.25) is 0 Å². The molecule has 1 aliphatic heterocycles. The highest BCUT2D eigenvalue weighted by Gasteiger charge is 2.40. The zero-order valence-electron chi connectivity index (χ0n) is 13.9. The molecule has 4 amide bonds. The molecule has 0 bridgehead atoms. The van der Waals surface area contributed by atoms with Crippen molar-refractivity contribution in [1.82, 2.24) is 10.2 Å². The van der Waals surface area contributed by atoms with E-state index in [9.17, 15) is 27.6 Å². The summed E-state index contributed by atoms with van der Waals surface area (Å²) in [6.45, 7) is -0.178. The Hall–Kier alpha value is -2.84. The third-order valence-corrected chi connectivity index (χ3v) is 4.40. The lowest BCUT2D eigenvalue weighted by Crippen LogP contribution is -2.55. The van der Waals surface area contributed by atoms with Crippen molar-refractivity contribution in [1.29, 1.82) is 0 Å². The molecule has 0 radical (unpaired) electrons. The largest absolute Gasteiger partial charge is 0.416 e. The van der Waals surface area contributed by atoms with Crippen LogP contribution < -0.4 is 10.2 Å². The van der Waals surface area contributed by atoms with Crippen LogP contribution in [0.25, 0.3) is 0 Å². The topological polar surface area (TPSA) is 69.7 Å². The molecule has 1 aromatic rings. The van der Waals surface area contributed by atoms with Gasteiger partial charge in [-0.3, -0.25) is 9.69 Å². The van der Waals surface area contributed by atoms with E-state index < -0.39 is 23.8 Å². The third-order valence-electron chi connectivity index (χ3n) is 4.40. The number of anilines is 1. The molecule has 0 atom stereocenters. The molecule has 0 saturated heterocycles. The molecule has 0 saturated carbocycles. The monoisotopic (exact) mass is 367 g/mol. The van der Waals surface area contributed by atoms with Crippen molar-refractivity contribution in [2.24, 2.45) is 0 Å². The molecular formula is C17H16F3N3O3. The van der Waals surface area contributed by atoms with Crippen LogP contribution in [0, 0.1) is 0 Å². The maximum atomic E-state index is 13.0. The Morgan fingerprint density at radius 1 is 1.19 bits per heavy atom. The van der Waals surface area contributed by atoms with Gasteiger partial charge in [0.1, 0.15) is 0 Å². The van der Waals surface area contributed by atoms with E-state index in [1.165, 1.54) is 19.2 Å². The first-order valence-electron chi connectivity index (χ1n) is 8.00. The number of halogens is 3. The summed E-state index contributed by atoms with van der Waals surface area (Å²) in [7, 11) is 1.33. The SMILES string of the molecule is CNC(=O)N1CC2=C(CCCC2=O)N(c2cccc(C(F)(F)F)c2)C1=O. The second-order valence-electron chi connectivity index (χ2n) is 6.01. The minimum atomic E-state index is -4.57. The summed E-state index contributed by atoms with van der Waals surface area (Å²) in [4.78, 5) is 39.0. The van der Waals surface area contributed by atoms with Crippen LogP contribution in [-0.4, -0.2) is 36.3 Å². The number of carbonyl (C=O) groups is 3. The van der Waals surface area contributed by atoms with Gasteiger partial charge in [-0.1, -0.05) is 6.07 Å². The van der Waals surface area contributed by atoms with Crippen LogP contribution in [0.3, 0.4) is 0 Å². The Balaban J connectivity index is 2.13. The molecule has 6 nitrogen and oxygen atoms in total. The first-order valence-corrected chi connectivity index (χ1v) is 8.00. The zero-order valence-corrected chi connectivity index (χ0v) is 13.9. The molecule has 3 rings (SSSR count). The quantitative estimate of drug-likeness (QED) is 0.828. The Morgan fingerprint density at radius 2 is 1.92 bits per heavy atom. The molecule has 1 N–H and O–H groups in total. The smallest absolute Gasteiger partial charge is 0.341 e. The summed E-state index contributed by atoms with van der Waals surface area (Å²) in [5.41, 5.74) is -0.285. The van der Waals surface area contributed by atoms with E-state index in [2.05, 4.69) is 5.32 Å². The first-order chi connectivity index (χ1) is 12.2. The Kier molecular flexibility index (Phi) is 4.47. The number of allylic oxidation sites excluding steroid dienone is 1. The van der Waals surface area contributed by atoms with E-state index in [0.717, 1.165) is 21.9 Å². The number of nitrogens with zero attached hydrogens (tertiary/aromatic N) is 2. The number of ketones is 1. The van der Waals surface area contributed by atoms with E-state index in [4.69, 9.17) is 0 Å². The second-order valence-corrected chi connectivity index (χ2v) is 6.01. The van der Waals surface area contributed by atoms with Crippen molar-refractivity contribution in [2.75, 3.05) is 18.5 Å². The van der Waals surface area contributed by atoms with Crippen LogP contribution >= 0.6 is 0 Å². The fourth-order valence-electron chi connectivity index (χ4n) is 3.15. The number of imide groups is 1. The number of rotatable bonds is 1. The molecule has 1 heterocycles. The molecule has 0 fully saturated rings. The summed E-state index contributed by atoms with van der Waals surface area (Å²) in [6, 6.07) is 2.78. The van der Waals surface area contributed by atoms with Crippen molar-refractivity contribution in [2.45, 2.75) is 25.4 Å². The molecule has 0 aromatic heterocycles. The minimum absolute atomic E-state index is 0.0272. The third kappa shape index (κ3) is 3.04. The predicted octanol–water partition coefficient (Wildman–Crippen LogP) is 3.29. The van der Waals surface area contributed by atoms with E-state index in [1.807, 2.05) is 0 Å². The highest BCUT2D eigenvalue weighted by molar-refractivity contribution is 6.10. The van der Waals surface area contributed by atoms with Gasteiger partial charge >= 0.3 is 18.2 Å². The number of carbonyl (C=O) groups excluding carboxylic acids is 3. The van der Waals surface area contributed by atoms with Gasteiger partial charge in [-0.25, -0.2) is 14.5 Å². The lowest BCUT2D eigenvalue weighted by Gasteiger charge is -2.39. The van der Waals surface area contributed by atoms with Gasteiger partial charge in [-0.15, -0.1) is 0 Å². The van der Waals surface area contributed by atoms with Crippen molar-refractivity contribution in [3.8, 4) is 0 Å². The molecule has 1 aromatic carbocycles. The van der Waals surface area contributed by atoms with E-state index >= 15 is 0 Å². The van der Waals surface area contributed by atoms with Gasteiger partial charge in [-0.05, 0) is 31.0 Å². The molecule has 26 heavy (non-hydrogen) atoms. The second kappa shape index (κ2) is 6.47. The normalized spacial score (nSPS) is 18.2. The number of hydrogen-bond donors (Lipinski definition) is 1. The molecular weight excluding hydrogens is 351 g/mol. The molecule has 1 aliphatic carbocycles. The average molecular weight is 367 g/mol. The van der Waals surface area contributed by atoms with E-state index in [0.29, 0.717) is 18.5 Å². The maximum Gasteiger partial charge on any atom is 0.416 e. The summed E-state index contributed by atoms with van der Waals surface area (Å²) < 4.78 is 39.1. The lowest BCUT2D eigenvalue weighted by molar-refractivity contribution is -0.137. The van der Waals surface area contributed by atoms with Gasteiger partial charge in [0.25, 0.3) is 0 Å². The standard InChI is InChI=1S/C17H16F3N3O3/c1-21-15(25)22-9-12-13(6-3-7-14(12)24)23(16(22)26)11-5-2-4-10(8-11)17(18,19)20/h2,4-5,8H,3,6-7,9H2,1H3,(H,21,25). The van der Waals surface area contributed by atoms with Crippen molar-refractivity contribution < 1.29 is 27.6 Å². The molecule has 2 aliphatic rings. The van der Waals surface area contributed by atoms with Gasteiger partial charge in [0, 0.05) is 24.7 Å². The van der Waals surface area contributed by atoms with Gasteiger partial charge in [0.15, 0.2) is 5.78 Å². The van der Waals surface area contributed by atoms with Crippen LogP contribution in [0.1, 0.15) is 24.8 Å². The van der Waals surface area contributed by atoms with E-state index in [-0.39, 0.29) is 30.0 Å². The minimum Gasteiger partial charge on any atom is -0.341 e. The lowest BCUT2D eigenvalue weighted by atomic mass is 9.92. The number of urea groups is 2. The number of hydrogen-bond acceptors (Lipinski definition) is 3. The van der Waals surface area contributed by atoms with Crippen molar-refractivity contribution >= 4 is 23.5 Å². The zero-order chi connectivity index (χ0) is 19.1. The summed E-state index contributed by atoms with van der Waals surface area (Å²) in [6.07, 6.45) is -3.41. The van der Waals surface area contributed by atoms with Gasteiger partial charge in [-0.2, -0.15) is 13.2 Å². The number of nitrogens with one attached hydrogen (secondary N) is 1. The van der Waals surface area contributed by atoms with Crippen LogP contribution in [0.4, 0.5) is 28.4 Å². The van der Waals surface area contributed by atoms with Crippen LogP contribution in [0.15, 0.2) is 35.5 Å². The van der Waals surface area contributed by atoms with Crippen LogP contribution in [0.5, 0.6) is 0 Å². The summed E-state index contributed by atoms with van der Waals surface area (Å²) >= 11 is 0. The maximum absolute atomic E-state index is 13.0. The van der Waals surface area contributed by atoms with Gasteiger partial charge in [0.2, 0.25) is 0 Å². The fraction of sp³-hybridized carbons (Fsp3) is 0.353. The molecule has 0 spiro atoms. The first kappa shape index (κ1) is 18.0. The number of benzene rings is 1. The number of amides is 4. The fourth-order valence-corrected chi connectivity index (χ4v) is 3.15. The van der Waals surface area contributed by atoms with Gasteiger partial charge in [0.05, 0.1) is 17.8 Å². The van der Waals surface area contributed by atoms with Crippen molar-refractivity contribution in [3.05, 3.63) is 41.1 Å². The highest BCUT2D eigenvalue weighted by atomic mass is 19.4. The Labute approximate surface area is 147 Å². The highest BCUT2D eigenvalue weighted by Crippen LogP contribution is 2.37. The number of Topliss-reactive ketones (excluding diaryl/α,β-unsaturated/α-hetero) is 1. The summed E-state index contributed by atoms with van der Waals surface area (Å²) in [5, 5.41) is 2.31. The number of alkyl halides is 3. The summed E-state index contributed by atoms with van der Waals surface area (Å²) in [5.74, 6) is -0.204. The molecule has 0 unspecified atom stereocenters. The van der Waals surface area contributed by atoms with E-state index in [1.54, 1.807) is 0 Å².